The van der Waals surface area contributed by atoms with Crippen molar-refractivity contribution in [2.75, 3.05) is 0 Å². The van der Waals surface area contributed by atoms with Gasteiger partial charge in [-0.05, 0) is 66.5 Å². The Hall–Kier alpha value is -2.06. The van der Waals surface area contributed by atoms with Crippen LogP contribution in [0.3, 0.4) is 0 Å². The zero-order valence-corrected chi connectivity index (χ0v) is 19.5. The van der Waals surface area contributed by atoms with Crippen molar-refractivity contribution in [3.05, 3.63) is 62.1 Å². The highest BCUT2D eigenvalue weighted by atomic mass is 35.5. The maximum atomic E-state index is 9.73. The van der Waals surface area contributed by atoms with Gasteiger partial charge in [0, 0.05) is 15.5 Å². The minimum absolute atomic E-state index is 0.269. The number of nitriles is 1. The summed E-state index contributed by atoms with van der Waals surface area (Å²) in [5, 5.41) is 11.6. The van der Waals surface area contributed by atoms with Crippen molar-refractivity contribution >= 4 is 45.8 Å². The van der Waals surface area contributed by atoms with Crippen molar-refractivity contribution in [1.29, 1.82) is 5.26 Å². The molecule has 0 fully saturated rings. The van der Waals surface area contributed by atoms with Gasteiger partial charge in [0.05, 0.1) is 16.8 Å². The molecule has 30 heavy (non-hydrogen) atoms. The fraction of sp³-hybridized carbons (Fsp3) is 0.333. The molecule has 0 N–H and O–H groups in total. The van der Waals surface area contributed by atoms with Gasteiger partial charge in [0.15, 0.2) is 0 Å². The second-order valence-electron chi connectivity index (χ2n) is 8.69. The molecule has 0 unspecified atom stereocenters. The molecule has 0 saturated carbocycles. The van der Waals surface area contributed by atoms with Gasteiger partial charge in [-0.2, -0.15) is 5.26 Å². The van der Waals surface area contributed by atoms with E-state index in [2.05, 4.69) is 31.8 Å². The maximum absolute atomic E-state index is 9.73. The Kier molecular flexibility index (Phi) is 5.81. The van der Waals surface area contributed by atoms with Crippen molar-refractivity contribution < 1.29 is 4.42 Å². The average Bonchev–Trinajstić information content (AvgIpc) is 3.29. The Morgan fingerprint density at radius 3 is 2.73 bits per heavy atom. The highest BCUT2D eigenvalue weighted by Crippen LogP contribution is 2.45. The molecule has 0 amide bonds. The summed E-state index contributed by atoms with van der Waals surface area (Å²) in [6, 6.07) is 11.4. The van der Waals surface area contributed by atoms with E-state index in [0.29, 0.717) is 33.0 Å². The van der Waals surface area contributed by atoms with Gasteiger partial charge in [0.1, 0.15) is 22.6 Å². The van der Waals surface area contributed by atoms with Crippen molar-refractivity contribution in [2.24, 2.45) is 16.3 Å². The predicted molar refractivity (Wildman–Crippen MR) is 125 cm³/mol. The summed E-state index contributed by atoms with van der Waals surface area (Å²) in [6.07, 6.45) is 4.76. The normalized spacial score (nSPS) is 16.6. The lowest BCUT2D eigenvalue weighted by atomic mass is 9.72. The van der Waals surface area contributed by atoms with Crippen LogP contribution in [0.5, 0.6) is 0 Å². The van der Waals surface area contributed by atoms with Crippen molar-refractivity contribution in [1.82, 2.24) is 0 Å². The first-order chi connectivity index (χ1) is 14.3. The Morgan fingerprint density at radius 2 is 2.03 bits per heavy atom. The lowest BCUT2D eigenvalue weighted by Crippen LogP contribution is -2.26. The van der Waals surface area contributed by atoms with E-state index in [1.807, 2.05) is 18.2 Å². The molecule has 4 rings (SSSR count). The molecule has 2 aromatic heterocycles. The number of fused-ring (bicyclic) bond motifs is 1. The Balaban J connectivity index is 1.59. The van der Waals surface area contributed by atoms with Gasteiger partial charge < -0.3 is 4.42 Å². The van der Waals surface area contributed by atoms with Crippen LogP contribution in [0.4, 0.5) is 5.00 Å². The molecule has 154 valence electrons. The van der Waals surface area contributed by atoms with Crippen LogP contribution in [-0.4, -0.2) is 6.21 Å². The summed E-state index contributed by atoms with van der Waals surface area (Å²) in [5.74, 6) is 1.89. The van der Waals surface area contributed by atoms with Gasteiger partial charge in [-0.25, -0.2) is 4.99 Å². The zero-order chi connectivity index (χ0) is 21.5. The third-order valence-corrected chi connectivity index (χ3v) is 7.43. The van der Waals surface area contributed by atoms with E-state index in [-0.39, 0.29) is 5.41 Å². The minimum atomic E-state index is 0.269. The van der Waals surface area contributed by atoms with E-state index in [1.165, 1.54) is 10.4 Å². The lowest BCUT2D eigenvalue weighted by molar-refractivity contribution is 0.218. The van der Waals surface area contributed by atoms with Crippen LogP contribution in [0.25, 0.3) is 11.3 Å². The molecule has 6 heteroatoms. The molecule has 1 atom stereocenters. The Bertz CT molecular complexity index is 1160. The van der Waals surface area contributed by atoms with E-state index >= 15 is 0 Å². The molecule has 0 bridgehead atoms. The number of benzene rings is 1. The quantitative estimate of drug-likeness (QED) is 0.373. The van der Waals surface area contributed by atoms with Crippen molar-refractivity contribution in [2.45, 2.75) is 40.0 Å². The van der Waals surface area contributed by atoms with E-state index in [9.17, 15) is 5.26 Å². The Labute approximate surface area is 191 Å². The molecule has 1 aliphatic carbocycles. The smallest absolute Gasteiger partial charge is 0.145 e. The van der Waals surface area contributed by atoms with Gasteiger partial charge in [-0.1, -0.05) is 44.0 Å². The van der Waals surface area contributed by atoms with E-state index in [4.69, 9.17) is 27.6 Å². The molecule has 0 aliphatic heterocycles. The van der Waals surface area contributed by atoms with E-state index < -0.39 is 0 Å². The molecule has 2 heterocycles. The van der Waals surface area contributed by atoms with Crippen LogP contribution in [0.2, 0.25) is 10.0 Å². The summed E-state index contributed by atoms with van der Waals surface area (Å²) in [6.45, 7) is 6.88. The molecular formula is C24H22Cl2N2OS. The average molecular weight is 457 g/mol. The van der Waals surface area contributed by atoms with Gasteiger partial charge >= 0.3 is 0 Å². The largest absolute Gasteiger partial charge is 0.455 e. The highest BCUT2D eigenvalue weighted by Gasteiger charge is 2.32. The highest BCUT2D eigenvalue weighted by molar-refractivity contribution is 7.16. The van der Waals surface area contributed by atoms with Gasteiger partial charge in [0.2, 0.25) is 0 Å². The molecule has 3 aromatic rings. The molecule has 3 nitrogen and oxygen atoms in total. The first-order valence-electron chi connectivity index (χ1n) is 9.90. The molecule has 0 radical (unpaired) electrons. The van der Waals surface area contributed by atoms with Crippen LogP contribution in [0.15, 0.2) is 39.7 Å². The number of halogens is 2. The molecule has 1 aromatic carbocycles. The van der Waals surface area contributed by atoms with Crippen LogP contribution in [0, 0.1) is 22.7 Å². The number of hydrogen-bond acceptors (Lipinski definition) is 4. The van der Waals surface area contributed by atoms with Crippen molar-refractivity contribution in [3.63, 3.8) is 0 Å². The number of nitrogens with zero attached hydrogens (tertiary/aromatic N) is 2. The molecule has 0 saturated heterocycles. The Morgan fingerprint density at radius 1 is 1.23 bits per heavy atom. The van der Waals surface area contributed by atoms with Crippen molar-refractivity contribution in [3.8, 4) is 17.4 Å². The summed E-state index contributed by atoms with van der Waals surface area (Å²) < 4.78 is 5.89. The second-order valence-corrected chi connectivity index (χ2v) is 10.6. The zero-order valence-electron chi connectivity index (χ0n) is 17.1. The SMILES string of the molecule is CC(C)(C)[C@@H]1CCc2c(sc(N=Cc3ccc(-c4ccc(Cl)cc4Cl)o3)c2C#N)C1. The van der Waals surface area contributed by atoms with Crippen LogP contribution < -0.4 is 0 Å². The monoisotopic (exact) mass is 456 g/mol. The summed E-state index contributed by atoms with van der Waals surface area (Å²) in [4.78, 5) is 5.91. The topological polar surface area (TPSA) is 49.3 Å². The minimum Gasteiger partial charge on any atom is -0.455 e. The first-order valence-corrected chi connectivity index (χ1v) is 11.5. The predicted octanol–water partition coefficient (Wildman–Crippen LogP) is 8.09. The standard InChI is InChI=1S/C24H22Cl2N2OS/c1-24(2,3)14-4-7-17-19(12-27)23(30-22(17)10-14)28-13-16-6-9-21(29-16)18-8-5-15(25)11-20(18)26/h5-6,8-9,11,13-14H,4,7,10H2,1-3H3/t14-/m1/s1. The second kappa shape index (κ2) is 8.23. The summed E-state index contributed by atoms with van der Waals surface area (Å²) >= 11 is 13.9. The molecule has 0 spiro atoms. The third kappa shape index (κ3) is 4.21. The number of aliphatic imine (C=N–C) groups is 1. The first kappa shape index (κ1) is 21.2. The fourth-order valence-electron chi connectivity index (χ4n) is 3.90. The van der Waals surface area contributed by atoms with Gasteiger partial charge in [0.25, 0.3) is 0 Å². The number of rotatable bonds is 3. The lowest BCUT2D eigenvalue weighted by Gasteiger charge is -2.33. The van der Waals surface area contributed by atoms with E-state index in [0.717, 1.165) is 29.8 Å². The van der Waals surface area contributed by atoms with Crippen LogP contribution in [0.1, 0.15) is 49.0 Å². The number of furan rings is 1. The van der Waals surface area contributed by atoms with Gasteiger partial charge in [-0.15, -0.1) is 11.3 Å². The van der Waals surface area contributed by atoms with Crippen LogP contribution in [-0.2, 0) is 12.8 Å². The molecule has 1 aliphatic rings. The summed E-state index contributed by atoms with van der Waals surface area (Å²) in [7, 11) is 0. The fourth-order valence-corrected chi connectivity index (χ4v) is 5.62. The summed E-state index contributed by atoms with van der Waals surface area (Å²) in [5.41, 5.74) is 2.94. The van der Waals surface area contributed by atoms with Gasteiger partial charge in [-0.3, -0.25) is 0 Å². The molecular weight excluding hydrogens is 435 g/mol. The number of hydrogen-bond donors (Lipinski definition) is 0. The van der Waals surface area contributed by atoms with E-state index in [1.54, 1.807) is 29.7 Å². The number of thiophene rings is 1. The third-order valence-electron chi connectivity index (χ3n) is 5.72. The van der Waals surface area contributed by atoms with Crippen LogP contribution >= 0.6 is 34.5 Å². The maximum Gasteiger partial charge on any atom is 0.145 e.